The average molecular weight is 1210 g/mol. The monoisotopic (exact) mass is 1210 g/mol. The summed E-state index contributed by atoms with van der Waals surface area (Å²) in [4.78, 5) is 35.8. The smallest absolute Gasteiger partial charge is 0.462 e. The number of likely N-dealkylation sites (N-methyl/N-ethyl adjacent to an activating group) is 1. The van der Waals surface area contributed by atoms with Crippen molar-refractivity contribution >= 4 is 19.8 Å². The molecule has 0 aliphatic heterocycles. The first-order valence-corrected chi connectivity index (χ1v) is 38.9. The van der Waals surface area contributed by atoms with Gasteiger partial charge >= 0.3 is 19.8 Å². The number of phosphoric ester groups is 1. The standard InChI is InChI=1S/C74H146NO8P/c1-6-8-10-12-14-16-18-20-22-24-26-27-28-29-30-31-32-33-34-35-36-37-38-39-40-41-42-43-44-45-46-47-49-50-52-54-56-58-60-62-64-66-73(76)80-70-72(71-82-84(78,79)81-69-68-75(3,4)5)83-74(77)67-65-63-61-59-57-55-53-51-48-25-23-21-19-17-15-13-11-9-7-2/h21,23,72H,6-20,22,24-71H2,1-5H3/p+1/b23-21-. The lowest BCUT2D eigenvalue weighted by Gasteiger charge is -2.24. The van der Waals surface area contributed by atoms with Crippen molar-refractivity contribution in [1.29, 1.82) is 0 Å². The van der Waals surface area contributed by atoms with Crippen LogP contribution in [0.25, 0.3) is 0 Å². The highest BCUT2D eigenvalue weighted by molar-refractivity contribution is 7.47. The molecular formula is C74H147NO8P+. The van der Waals surface area contributed by atoms with E-state index in [9.17, 15) is 19.0 Å². The van der Waals surface area contributed by atoms with Crippen molar-refractivity contribution in [1.82, 2.24) is 0 Å². The summed E-state index contributed by atoms with van der Waals surface area (Å²) in [7, 11) is 1.50. The molecule has 0 rings (SSSR count). The van der Waals surface area contributed by atoms with Crippen molar-refractivity contribution in [3.63, 3.8) is 0 Å². The normalized spacial score (nSPS) is 13.1. The van der Waals surface area contributed by atoms with Gasteiger partial charge in [0.05, 0.1) is 27.7 Å². The molecule has 0 spiro atoms. The third-order valence-electron chi connectivity index (χ3n) is 17.3. The van der Waals surface area contributed by atoms with E-state index in [2.05, 4.69) is 26.0 Å². The van der Waals surface area contributed by atoms with E-state index in [0.29, 0.717) is 23.9 Å². The lowest BCUT2D eigenvalue weighted by atomic mass is 10.0. The number of ether oxygens (including phenoxy) is 2. The third kappa shape index (κ3) is 69.8. The fourth-order valence-electron chi connectivity index (χ4n) is 11.5. The van der Waals surface area contributed by atoms with Crippen molar-refractivity contribution in [2.45, 2.75) is 405 Å². The molecule has 2 unspecified atom stereocenters. The molecule has 0 aliphatic carbocycles. The molecule has 0 radical (unpaired) electrons. The first kappa shape index (κ1) is 82.8. The molecule has 0 fully saturated rings. The van der Waals surface area contributed by atoms with E-state index < -0.39 is 26.5 Å². The van der Waals surface area contributed by atoms with Crippen LogP contribution in [0.15, 0.2) is 12.2 Å². The lowest BCUT2D eigenvalue weighted by molar-refractivity contribution is -0.870. The van der Waals surface area contributed by atoms with Crippen molar-refractivity contribution in [3.8, 4) is 0 Å². The van der Waals surface area contributed by atoms with Gasteiger partial charge in [-0.3, -0.25) is 18.6 Å². The first-order valence-electron chi connectivity index (χ1n) is 37.4. The average Bonchev–Trinajstić information content (AvgIpc) is 3.61. The number of nitrogens with zero attached hydrogens (tertiary/aromatic N) is 1. The number of allylic oxidation sites excluding steroid dienone is 2. The SMILES string of the molecule is CCCCCCCC/C=C\CCCCCCCCCCCC(=O)OC(COC(=O)CCCCCCCCCCCCCCCCCCCCCCCCCCCCCCCCCCCCCCCCCCC)COP(=O)(O)OCC[N+](C)(C)C. The van der Waals surface area contributed by atoms with Crippen molar-refractivity contribution < 1.29 is 42.1 Å². The van der Waals surface area contributed by atoms with E-state index in [0.717, 1.165) is 32.1 Å². The van der Waals surface area contributed by atoms with Crippen LogP contribution in [0, 0.1) is 0 Å². The molecule has 84 heavy (non-hydrogen) atoms. The van der Waals surface area contributed by atoms with Crippen molar-refractivity contribution in [2.24, 2.45) is 0 Å². The Morgan fingerprint density at radius 3 is 0.881 bits per heavy atom. The van der Waals surface area contributed by atoms with Gasteiger partial charge < -0.3 is 18.9 Å². The largest absolute Gasteiger partial charge is 0.472 e. The van der Waals surface area contributed by atoms with E-state index >= 15 is 0 Å². The number of unbranched alkanes of at least 4 members (excludes halogenated alkanes) is 55. The summed E-state index contributed by atoms with van der Waals surface area (Å²) in [6.45, 7) is 4.51. The van der Waals surface area contributed by atoms with Crippen LogP contribution in [0.1, 0.15) is 399 Å². The quantitative estimate of drug-likeness (QED) is 0.0211. The van der Waals surface area contributed by atoms with Gasteiger partial charge in [-0.2, -0.15) is 0 Å². The maximum absolute atomic E-state index is 12.8. The van der Waals surface area contributed by atoms with Crippen LogP contribution in [0.2, 0.25) is 0 Å². The molecule has 2 atom stereocenters. The second-order valence-electron chi connectivity index (χ2n) is 27.0. The fourth-order valence-corrected chi connectivity index (χ4v) is 12.3. The first-order chi connectivity index (χ1) is 41.0. The summed E-state index contributed by atoms with van der Waals surface area (Å²) < 4.78 is 34.7. The number of hydrogen-bond donors (Lipinski definition) is 1. The van der Waals surface area contributed by atoms with E-state index in [1.54, 1.807) is 0 Å². The number of rotatable bonds is 71. The van der Waals surface area contributed by atoms with Crippen LogP contribution in [0.4, 0.5) is 0 Å². The number of phosphoric acid groups is 1. The highest BCUT2D eigenvalue weighted by Gasteiger charge is 2.27. The van der Waals surface area contributed by atoms with Gasteiger partial charge in [0.2, 0.25) is 0 Å². The van der Waals surface area contributed by atoms with Gasteiger partial charge in [0.25, 0.3) is 0 Å². The summed E-state index contributed by atoms with van der Waals surface area (Å²) in [5.41, 5.74) is 0. The molecule has 0 saturated heterocycles. The molecule has 0 heterocycles. The second kappa shape index (κ2) is 66.2. The van der Waals surface area contributed by atoms with Crippen molar-refractivity contribution in [3.05, 3.63) is 12.2 Å². The Kier molecular flexibility index (Phi) is 65.2. The second-order valence-corrected chi connectivity index (χ2v) is 28.5. The fraction of sp³-hybridized carbons (Fsp3) is 0.946. The topological polar surface area (TPSA) is 108 Å². The van der Waals surface area contributed by atoms with Crippen LogP contribution >= 0.6 is 7.82 Å². The van der Waals surface area contributed by atoms with Gasteiger partial charge in [-0.15, -0.1) is 0 Å². The number of esters is 2. The molecule has 0 aromatic carbocycles. The van der Waals surface area contributed by atoms with Gasteiger partial charge in [-0.1, -0.05) is 360 Å². The van der Waals surface area contributed by atoms with E-state index in [-0.39, 0.29) is 25.6 Å². The van der Waals surface area contributed by atoms with Crippen LogP contribution in [0.3, 0.4) is 0 Å². The van der Waals surface area contributed by atoms with E-state index in [1.807, 2.05) is 21.1 Å². The Morgan fingerprint density at radius 1 is 0.357 bits per heavy atom. The third-order valence-corrected chi connectivity index (χ3v) is 18.3. The molecule has 9 nitrogen and oxygen atoms in total. The van der Waals surface area contributed by atoms with Crippen LogP contribution in [-0.4, -0.2) is 74.9 Å². The van der Waals surface area contributed by atoms with Gasteiger partial charge in [0, 0.05) is 12.8 Å². The van der Waals surface area contributed by atoms with Gasteiger partial charge in [-0.25, -0.2) is 4.57 Å². The van der Waals surface area contributed by atoms with E-state index in [4.69, 9.17) is 18.5 Å². The number of carbonyl (C=O) groups is 2. The minimum absolute atomic E-state index is 0.0352. The van der Waals surface area contributed by atoms with Gasteiger partial charge in [0.15, 0.2) is 6.10 Å². The van der Waals surface area contributed by atoms with Crippen LogP contribution < -0.4 is 0 Å². The predicted molar refractivity (Wildman–Crippen MR) is 363 cm³/mol. The van der Waals surface area contributed by atoms with Crippen LogP contribution in [0.5, 0.6) is 0 Å². The zero-order valence-electron chi connectivity index (χ0n) is 57.2. The Balaban J connectivity index is 3.82. The predicted octanol–water partition coefficient (Wildman–Crippen LogP) is 24.3. The number of carbonyl (C=O) groups excluding carboxylic acids is 2. The number of hydrogen-bond acceptors (Lipinski definition) is 7. The van der Waals surface area contributed by atoms with Crippen molar-refractivity contribution in [2.75, 3.05) is 47.5 Å². The Bertz CT molecular complexity index is 1420. The number of quaternary nitrogens is 1. The zero-order valence-corrected chi connectivity index (χ0v) is 58.1. The molecule has 0 aliphatic rings. The minimum Gasteiger partial charge on any atom is -0.462 e. The molecule has 500 valence electrons. The molecule has 0 aromatic rings. The molecule has 0 amide bonds. The molecule has 0 saturated carbocycles. The highest BCUT2D eigenvalue weighted by Crippen LogP contribution is 2.43. The molecule has 1 N–H and O–H groups in total. The molecular weight excluding hydrogens is 1060 g/mol. The van der Waals surface area contributed by atoms with Gasteiger partial charge in [-0.05, 0) is 38.5 Å². The summed E-state index contributed by atoms with van der Waals surface area (Å²) >= 11 is 0. The maximum atomic E-state index is 12.8. The summed E-state index contributed by atoms with van der Waals surface area (Å²) in [5.74, 6) is -0.776. The highest BCUT2D eigenvalue weighted by atomic mass is 31.2. The van der Waals surface area contributed by atoms with E-state index in [1.165, 1.54) is 334 Å². The van der Waals surface area contributed by atoms with Gasteiger partial charge in [0.1, 0.15) is 19.8 Å². The summed E-state index contributed by atoms with van der Waals surface area (Å²) in [6, 6.07) is 0. The Morgan fingerprint density at radius 2 is 0.607 bits per heavy atom. The molecule has 0 bridgehead atoms. The Hall–Kier alpha value is -1.25. The molecule has 10 heteroatoms. The summed E-state index contributed by atoms with van der Waals surface area (Å²) in [6.07, 6.45) is 82.2. The lowest BCUT2D eigenvalue weighted by Crippen LogP contribution is -2.37. The molecule has 0 aromatic heterocycles. The maximum Gasteiger partial charge on any atom is 0.472 e. The zero-order chi connectivity index (χ0) is 61.2. The van der Waals surface area contributed by atoms with Crippen LogP contribution in [-0.2, 0) is 32.7 Å². The minimum atomic E-state index is -4.39. The summed E-state index contributed by atoms with van der Waals surface area (Å²) in [5, 5.41) is 0. The Labute approximate surface area is 524 Å².